The molecule has 0 radical (unpaired) electrons. The third-order valence-corrected chi connectivity index (χ3v) is 6.92. The first-order valence-corrected chi connectivity index (χ1v) is 10.3. The molecule has 0 fully saturated rings. The second-order valence-electron chi connectivity index (χ2n) is 9.86. The summed E-state index contributed by atoms with van der Waals surface area (Å²) in [7, 11) is 1.29. The van der Waals surface area contributed by atoms with Gasteiger partial charge in [0.05, 0.1) is 12.5 Å². The van der Waals surface area contributed by atoms with Gasteiger partial charge in [-0.1, -0.05) is 52.0 Å². The van der Waals surface area contributed by atoms with Gasteiger partial charge in [0.15, 0.2) is 0 Å². The Hall–Kier alpha value is -2.49. The SMILES string of the molecule is COC(=O)Oc1ccc2c(c1)OCC2(C)c1ccc2c(c1)C(C)(C)CCC2(C)C. The molecule has 4 nitrogen and oxygen atoms in total. The summed E-state index contributed by atoms with van der Waals surface area (Å²) in [6.45, 7) is 12.2. The second-order valence-corrected chi connectivity index (χ2v) is 9.86. The van der Waals surface area contributed by atoms with Crippen LogP contribution in [0.2, 0.25) is 0 Å². The minimum absolute atomic E-state index is 0.164. The zero-order valence-electron chi connectivity index (χ0n) is 18.2. The van der Waals surface area contributed by atoms with Crippen LogP contribution in [-0.2, 0) is 21.0 Å². The van der Waals surface area contributed by atoms with Crippen molar-refractivity contribution in [3.05, 3.63) is 58.7 Å². The molecule has 0 spiro atoms. The molecule has 0 amide bonds. The molecule has 29 heavy (non-hydrogen) atoms. The molecule has 1 heterocycles. The Kier molecular flexibility index (Phi) is 4.45. The topological polar surface area (TPSA) is 44.8 Å². The average Bonchev–Trinajstić information content (AvgIpc) is 3.02. The van der Waals surface area contributed by atoms with Crippen LogP contribution in [0.1, 0.15) is 69.7 Å². The van der Waals surface area contributed by atoms with E-state index in [2.05, 4.69) is 57.6 Å². The molecule has 4 rings (SSSR count). The first-order chi connectivity index (χ1) is 13.6. The summed E-state index contributed by atoms with van der Waals surface area (Å²) in [5.74, 6) is 1.18. The van der Waals surface area contributed by atoms with Gasteiger partial charge in [0.2, 0.25) is 0 Å². The quantitative estimate of drug-likeness (QED) is 0.471. The lowest BCUT2D eigenvalue weighted by molar-refractivity contribution is 0.121. The Morgan fingerprint density at radius 3 is 2.24 bits per heavy atom. The summed E-state index contributed by atoms with van der Waals surface area (Å²) in [5, 5.41) is 0. The lowest BCUT2D eigenvalue weighted by atomic mass is 9.62. The van der Waals surface area contributed by atoms with E-state index in [0.29, 0.717) is 12.4 Å². The molecule has 154 valence electrons. The van der Waals surface area contributed by atoms with Crippen molar-refractivity contribution in [3.63, 3.8) is 0 Å². The predicted octanol–water partition coefficient (Wildman–Crippen LogP) is 5.88. The molecule has 1 unspecified atom stereocenters. The van der Waals surface area contributed by atoms with Crippen molar-refractivity contribution < 1.29 is 19.0 Å². The van der Waals surface area contributed by atoms with E-state index in [4.69, 9.17) is 9.47 Å². The number of hydrogen-bond acceptors (Lipinski definition) is 4. The molecule has 0 saturated heterocycles. The van der Waals surface area contributed by atoms with E-state index in [-0.39, 0.29) is 16.2 Å². The summed E-state index contributed by atoms with van der Waals surface area (Å²) < 4.78 is 15.7. The highest BCUT2D eigenvalue weighted by molar-refractivity contribution is 5.65. The second kappa shape index (κ2) is 6.51. The van der Waals surface area contributed by atoms with Crippen molar-refractivity contribution in [2.45, 2.75) is 63.7 Å². The van der Waals surface area contributed by atoms with Crippen molar-refractivity contribution in [1.29, 1.82) is 0 Å². The van der Waals surface area contributed by atoms with Gasteiger partial charge in [-0.25, -0.2) is 4.79 Å². The Labute approximate surface area is 173 Å². The van der Waals surface area contributed by atoms with Crippen LogP contribution < -0.4 is 9.47 Å². The zero-order valence-corrected chi connectivity index (χ0v) is 18.2. The van der Waals surface area contributed by atoms with E-state index in [1.165, 1.54) is 36.6 Å². The smallest absolute Gasteiger partial charge is 0.492 e. The third kappa shape index (κ3) is 3.19. The summed E-state index contributed by atoms with van der Waals surface area (Å²) in [6.07, 6.45) is 1.66. The molecule has 0 saturated carbocycles. The van der Waals surface area contributed by atoms with Gasteiger partial charge in [-0.2, -0.15) is 0 Å². The summed E-state index contributed by atoms with van der Waals surface area (Å²) in [6, 6.07) is 12.5. The van der Waals surface area contributed by atoms with E-state index in [1.54, 1.807) is 12.1 Å². The number of methoxy groups -OCH3 is 1. The van der Waals surface area contributed by atoms with Crippen LogP contribution in [0.3, 0.4) is 0 Å². The van der Waals surface area contributed by atoms with Crippen LogP contribution >= 0.6 is 0 Å². The van der Waals surface area contributed by atoms with E-state index < -0.39 is 6.16 Å². The van der Waals surface area contributed by atoms with Crippen LogP contribution in [0.5, 0.6) is 11.5 Å². The molecule has 2 aliphatic rings. The molecule has 4 heteroatoms. The first kappa shape index (κ1) is 19.8. The van der Waals surface area contributed by atoms with Gasteiger partial charge in [-0.15, -0.1) is 0 Å². The standard InChI is InChI=1S/C25H30O4/c1-23(2)11-12-24(3,4)20-13-16(7-9-18(20)23)25(5)15-28-21-14-17(8-10-19(21)25)29-22(26)27-6/h7-10,13-14H,11-12,15H2,1-6H3. The number of carbonyl (C=O) groups is 1. The largest absolute Gasteiger partial charge is 0.513 e. The lowest BCUT2D eigenvalue weighted by Gasteiger charge is -2.42. The van der Waals surface area contributed by atoms with Crippen LogP contribution in [0.15, 0.2) is 36.4 Å². The van der Waals surface area contributed by atoms with Crippen molar-refractivity contribution >= 4 is 6.16 Å². The Balaban J connectivity index is 1.75. The monoisotopic (exact) mass is 394 g/mol. The summed E-state index contributed by atoms with van der Waals surface area (Å²) in [5.41, 5.74) is 5.41. The van der Waals surface area contributed by atoms with E-state index in [0.717, 1.165) is 11.3 Å². The molecular formula is C25H30O4. The Morgan fingerprint density at radius 1 is 0.897 bits per heavy atom. The van der Waals surface area contributed by atoms with Crippen LogP contribution in [-0.4, -0.2) is 19.9 Å². The molecule has 1 aliphatic carbocycles. The summed E-state index contributed by atoms with van der Waals surface area (Å²) in [4.78, 5) is 11.4. The minimum atomic E-state index is -0.731. The Morgan fingerprint density at radius 2 is 1.55 bits per heavy atom. The van der Waals surface area contributed by atoms with Crippen LogP contribution in [0, 0.1) is 0 Å². The van der Waals surface area contributed by atoms with Gasteiger partial charge >= 0.3 is 6.16 Å². The summed E-state index contributed by atoms with van der Waals surface area (Å²) >= 11 is 0. The van der Waals surface area contributed by atoms with Crippen molar-refractivity contribution in [3.8, 4) is 11.5 Å². The van der Waals surface area contributed by atoms with Gasteiger partial charge in [-0.05, 0) is 53.4 Å². The normalized spacial score (nSPS) is 23.5. The number of ether oxygens (including phenoxy) is 3. The Bertz CT molecular complexity index is 973. The highest BCUT2D eigenvalue weighted by atomic mass is 16.7. The molecule has 2 aromatic rings. The molecule has 0 aromatic heterocycles. The third-order valence-electron chi connectivity index (χ3n) is 6.92. The van der Waals surface area contributed by atoms with E-state index in [9.17, 15) is 4.79 Å². The van der Waals surface area contributed by atoms with Crippen LogP contribution in [0.25, 0.3) is 0 Å². The first-order valence-electron chi connectivity index (χ1n) is 10.3. The maximum atomic E-state index is 11.4. The van der Waals surface area contributed by atoms with Crippen LogP contribution in [0.4, 0.5) is 4.79 Å². The van der Waals surface area contributed by atoms with E-state index >= 15 is 0 Å². The fourth-order valence-electron chi connectivity index (χ4n) is 4.75. The maximum Gasteiger partial charge on any atom is 0.513 e. The van der Waals surface area contributed by atoms with Crippen molar-refractivity contribution in [2.75, 3.05) is 13.7 Å². The maximum absolute atomic E-state index is 11.4. The van der Waals surface area contributed by atoms with Gasteiger partial charge < -0.3 is 14.2 Å². The van der Waals surface area contributed by atoms with Gasteiger partial charge in [0.25, 0.3) is 0 Å². The average molecular weight is 395 g/mol. The number of fused-ring (bicyclic) bond motifs is 2. The van der Waals surface area contributed by atoms with Gasteiger partial charge in [0.1, 0.15) is 18.1 Å². The number of carbonyl (C=O) groups excluding carboxylic acids is 1. The molecule has 0 N–H and O–H groups in total. The fourth-order valence-corrected chi connectivity index (χ4v) is 4.75. The lowest BCUT2D eigenvalue weighted by Crippen LogP contribution is -2.35. The van der Waals surface area contributed by atoms with Crippen molar-refractivity contribution in [1.82, 2.24) is 0 Å². The number of rotatable bonds is 2. The minimum Gasteiger partial charge on any atom is -0.492 e. The highest BCUT2D eigenvalue weighted by Crippen LogP contribution is 2.49. The van der Waals surface area contributed by atoms with Gasteiger partial charge in [0, 0.05) is 11.6 Å². The van der Waals surface area contributed by atoms with Crippen molar-refractivity contribution in [2.24, 2.45) is 0 Å². The molecule has 1 aliphatic heterocycles. The molecule has 0 bridgehead atoms. The molecular weight excluding hydrogens is 364 g/mol. The molecule has 2 aromatic carbocycles. The zero-order chi connectivity index (χ0) is 21.0. The van der Waals surface area contributed by atoms with Gasteiger partial charge in [-0.3, -0.25) is 0 Å². The predicted molar refractivity (Wildman–Crippen MR) is 113 cm³/mol. The molecule has 1 atom stereocenters. The number of hydrogen-bond donors (Lipinski definition) is 0. The fraction of sp³-hybridized carbons (Fsp3) is 0.480. The number of benzene rings is 2. The highest BCUT2D eigenvalue weighted by Gasteiger charge is 2.42. The van der Waals surface area contributed by atoms with E-state index in [1.807, 2.05) is 6.07 Å².